The minimum Gasteiger partial charge on any atom is -0.176 e. The summed E-state index contributed by atoms with van der Waals surface area (Å²) < 4.78 is 0. The van der Waals surface area contributed by atoms with E-state index in [1.807, 2.05) is 0 Å². The molecule has 2 unspecified atom stereocenters. The average molecular weight is 160 g/mol. The van der Waals surface area contributed by atoms with E-state index in [1.54, 1.807) is 0 Å². The highest BCUT2D eigenvalue weighted by atomic mass is 32.1. The van der Waals surface area contributed by atoms with Crippen molar-refractivity contribution in [1.29, 1.82) is 0 Å². The summed E-state index contributed by atoms with van der Waals surface area (Å²) in [5.74, 6) is 1.63. The SMILES string of the molecule is CCC(CC)C(C)C(C)S. The second-order valence-corrected chi connectivity index (χ2v) is 3.99. The molecule has 10 heavy (non-hydrogen) atoms. The third-order valence-electron chi connectivity index (χ3n) is 2.55. The van der Waals surface area contributed by atoms with E-state index in [-0.39, 0.29) is 0 Å². The molecule has 0 saturated carbocycles. The van der Waals surface area contributed by atoms with Crippen molar-refractivity contribution in [3.8, 4) is 0 Å². The molecule has 0 aliphatic carbocycles. The molecule has 0 spiro atoms. The van der Waals surface area contributed by atoms with Gasteiger partial charge in [0.2, 0.25) is 0 Å². The summed E-state index contributed by atoms with van der Waals surface area (Å²) in [5, 5.41) is 0.546. The fourth-order valence-corrected chi connectivity index (χ4v) is 1.67. The maximum Gasteiger partial charge on any atom is 0.00167 e. The zero-order chi connectivity index (χ0) is 8.15. The van der Waals surface area contributed by atoms with Gasteiger partial charge in [-0.15, -0.1) is 0 Å². The van der Waals surface area contributed by atoms with Gasteiger partial charge < -0.3 is 0 Å². The van der Waals surface area contributed by atoms with E-state index in [4.69, 9.17) is 0 Å². The zero-order valence-corrected chi connectivity index (χ0v) is 8.49. The van der Waals surface area contributed by atoms with Gasteiger partial charge in [0.1, 0.15) is 0 Å². The summed E-state index contributed by atoms with van der Waals surface area (Å²) in [6.45, 7) is 9.02. The van der Waals surface area contributed by atoms with Gasteiger partial charge in [0.25, 0.3) is 0 Å². The van der Waals surface area contributed by atoms with Crippen molar-refractivity contribution < 1.29 is 0 Å². The van der Waals surface area contributed by atoms with Gasteiger partial charge in [-0.3, -0.25) is 0 Å². The van der Waals surface area contributed by atoms with E-state index in [0.29, 0.717) is 5.25 Å². The Morgan fingerprint density at radius 2 is 1.50 bits per heavy atom. The first kappa shape index (κ1) is 10.3. The van der Waals surface area contributed by atoms with Crippen LogP contribution in [0.5, 0.6) is 0 Å². The van der Waals surface area contributed by atoms with Crippen LogP contribution in [0, 0.1) is 11.8 Å². The van der Waals surface area contributed by atoms with Crippen LogP contribution in [0.4, 0.5) is 0 Å². The van der Waals surface area contributed by atoms with E-state index in [2.05, 4.69) is 40.3 Å². The molecule has 62 valence electrons. The quantitative estimate of drug-likeness (QED) is 0.599. The van der Waals surface area contributed by atoms with Crippen LogP contribution in [0.1, 0.15) is 40.5 Å². The standard InChI is InChI=1S/C9H20S/c1-5-9(6-2)7(3)8(4)10/h7-10H,5-6H2,1-4H3. The number of thiol groups is 1. The Hall–Kier alpha value is 0.350. The summed E-state index contributed by atoms with van der Waals surface area (Å²) in [4.78, 5) is 0. The van der Waals surface area contributed by atoms with Crippen molar-refractivity contribution in [3.63, 3.8) is 0 Å². The van der Waals surface area contributed by atoms with E-state index in [0.717, 1.165) is 11.8 Å². The number of hydrogen-bond donors (Lipinski definition) is 1. The third-order valence-corrected chi connectivity index (χ3v) is 3.02. The molecule has 0 aromatic carbocycles. The van der Waals surface area contributed by atoms with Gasteiger partial charge in [-0.2, -0.15) is 12.6 Å². The lowest BCUT2D eigenvalue weighted by Gasteiger charge is -2.23. The Morgan fingerprint density at radius 1 is 1.10 bits per heavy atom. The molecule has 0 heterocycles. The van der Waals surface area contributed by atoms with Gasteiger partial charge in [0.05, 0.1) is 0 Å². The van der Waals surface area contributed by atoms with Gasteiger partial charge in [-0.25, -0.2) is 0 Å². The van der Waals surface area contributed by atoms with Crippen molar-refractivity contribution in [2.24, 2.45) is 11.8 Å². The summed E-state index contributed by atoms with van der Waals surface area (Å²) in [6, 6.07) is 0. The molecule has 0 fully saturated rings. The maximum atomic E-state index is 4.44. The van der Waals surface area contributed by atoms with Crippen molar-refractivity contribution in [1.82, 2.24) is 0 Å². The van der Waals surface area contributed by atoms with Gasteiger partial charge in [-0.05, 0) is 11.8 Å². The summed E-state index contributed by atoms with van der Waals surface area (Å²) in [7, 11) is 0. The van der Waals surface area contributed by atoms with Gasteiger partial charge >= 0.3 is 0 Å². The van der Waals surface area contributed by atoms with Crippen LogP contribution in [-0.2, 0) is 0 Å². The van der Waals surface area contributed by atoms with Crippen LogP contribution < -0.4 is 0 Å². The molecule has 0 aromatic rings. The summed E-state index contributed by atoms with van der Waals surface area (Å²) >= 11 is 4.44. The maximum absolute atomic E-state index is 4.44. The first-order valence-electron chi connectivity index (χ1n) is 4.31. The molecular weight excluding hydrogens is 140 g/mol. The van der Waals surface area contributed by atoms with E-state index in [9.17, 15) is 0 Å². The summed E-state index contributed by atoms with van der Waals surface area (Å²) in [6.07, 6.45) is 2.59. The highest BCUT2D eigenvalue weighted by molar-refractivity contribution is 7.80. The molecule has 1 heteroatoms. The molecule has 0 rings (SSSR count). The lowest BCUT2D eigenvalue weighted by Crippen LogP contribution is -2.17. The molecule has 0 amide bonds. The smallest absolute Gasteiger partial charge is 0.00167 e. The monoisotopic (exact) mass is 160 g/mol. The second-order valence-electron chi connectivity index (χ2n) is 3.18. The lowest BCUT2D eigenvalue weighted by atomic mass is 9.87. The average Bonchev–Trinajstić information content (AvgIpc) is 1.90. The molecule has 0 radical (unpaired) electrons. The van der Waals surface area contributed by atoms with Crippen molar-refractivity contribution in [2.45, 2.75) is 45.8 Å². The zero-order valence-electron chi connectivity index (χ0n) is 7.59. The molecule has 0 aliphatic rings. The fourth-order valence-electron chi connectivity index (χ4n) is 1.43. The van der Waals surface area contributed by atoms with E-state index < -0.39 is 0 Å². The molecule has 0 nitrogen and oxygen atoms in total. The molecule has 0 N–H and O–H groups in total. The van der Waals surface area contributed by atoms with Crippen LogP contribution >= 0.6 is 12.6 Å². The molecule has 0 saturated heterocycles. The van der Waals surface area contributed by atoms with Crippen LogP contribution in [0.3, 0.4) is 0 Å². The minimum atomic E-state index is 0.546. The Morgan fingerprint density at radius 3 is 1.60 bits per heavy atom. The molecule has 0 aliphatic heterocycles. The predicted octanol–water partition coefficient (Wildman–Crippen LogP) is 3.38. The molecule has 2 atom stereocenters. The fraction of sp³-hybridized carbons (Fsp3) is 1.00. The minimum absolute atomic E-state index is 0.546. The van der Waals surface area contributed by atoms with Crippen LogP contribution in [0.15, 0.2) is 0 Å². The summed E-state index contributed by atoms with van der Waals surface area (Å²) in [5.41, 5.74) is 0. The predicted molar refractivity (Wildman–Crippen MR) is 51.7 cm³/mol. The largest absolute Gasteiger partial charge is 0.176 e. The highest BCUT2D eigenvalue weighted by Crippen LogP contribution is 2.24. The highest BCUT2D eigenvalue weighted by Gasteiger charge is 2.16. The van der Waals surface area contributed by atoms with Gasteiger partial charge in [0.15, 0.2) is 0 Å². The number of hydrogen-bond acceptors (Lipinski definition) is 1. The van der Waals surface area contributed by atoms with Crippen molar-refractivity contribution >= 4 is 12.6 Å². The Bertz CT molecular complexity index is 74.8. The topological polar surface area (TPSA) is 0 Å². The Labute approximate surface area is 70.8 Å². The second kappa shape index (κ2) is 5.06. The first-order chi connectivity index (χ1) is 4.63. The molecule has 0 bridgehead atoms. The lowest BCUT2D eigenvalue weighted by molar-refractivity contribution is 0.336. The Balaban J connectivity index is 3.76. The van der Waals surface area contributed by atoms with Crippen LogP contribution in [0.25, 0.3) is 0 Å². The van der Waals surface area contributed by atoms with E-state index in [1.165, 1.54) is 12.8 Å². The molecule has 0 aromatic heterocycles. The van der Waals surface area contributed by atoms with Crippen LogP contribution in [0.2, 0.25) is 0 Å². The van der Waals surface area contributed by atoms with Crippen LogP contribution in [-0.4, -0.2) is 5.25 Å². The van der Waals surface area contributed by atoms with E-state index >= 15 is 0 Å². The normalized spacial score (nSPS) is 17.4. The first-order valence-corrected chi connectivity index (χ1v) is 4.83. The van der Waals surface area contributed by atoms with Crippen molar-refractivity contribution in [3.05, 3.63) is 0 Å². The Kier molecular flexibility index (Phi) is 5.24. The van der Waals surface area contributed by atoms with Gasteiger partial charge in [0, 0.05) is 5.25 Å². The third kappa shape index (κ3) is 2.96. The number of rotatable bonds is 4. The van der Waals surface area contributed by atoms with Crippen molar-refractivity contribution in [2.75, 3.05) is 0 Å². The molecular formula is C9H20S. The van der Waals surface area contributed by atoms with Gasteiger partial charge in [-0.1, -0.05) is 40.5 Å².